The highest BCUT2D eigenvalue weighted by molar-refractivity contribution is 9.10. The molecule has 0 amide bonds. The fourth-order valence-corrected chi connectivity index (χ4v) is 6.02. The summed E-state index contributed by atoms with van der Waals surface area (Å²) in [7, 11) is 0. The maximum absolute atomic E-state index is 13.3. The Balaban J connectivity index is 1.56. The van der Waals surface area contributed by atoms with Crippen LogP contribution in [-0.4, -0.2) is 29.0 Å². The maximum atomic E-state index is 13.3. The van der Waals surface area contributed by atoms with Gasteiger partial charge in [0.2, 0.25) is 0 Å². The van der Waals surface area contributed by atoms with Gasteiger partial charge in [-0.1, -0.05) is 12.5 Å². The van der Waals surface area contributed by atoms with Crippen LogP contribution in [0.2, 0.25) is 0 Å². The number of aromatic nitrogens is 1. The van der Waals surface area contributed by atoms with E-state index in [1.807, 2.05) is 18.2 Å². The minimum atomic E-state index is -0.639. The first-order valence-corrected chi connectivity index (χ1v) is 11.1. The second-order valence-electron chi connectivity index (χ2n) is 9.06. The molecule has 162 valence electrons. The van der Waals surface area contributed by atoms with E-state index in [4.69, 9.17) is 20.2 Å². The molecule has 0 radical (unpaired) electrons. The molecular formula is C23H23BrFN3O3. The lowest BCUT2D eigenvalue weighted by atomic mass is 9.48. The number of nitrogens with two attached hydrogens (primary N) is 1. The number of aliphatic imine (C=N–C) groups is 1. The molecule has 2 aromatic rings. The van der Waals surface area contributed by atoms with E-state index in [9.17, 15) is 9.18 Å². The zero-order valence-electron chi connectivity index (χ0n) is 17.4. The summed E-state index contributed by atoms with van der Waals surface area (Å²) in [6.45, 7) is 4.58. The van der Waals surface area contributed by atoms with Crippen LogP contribution >= 0.6 is 15.9 Å². The molecule has 3 aliphatic rings. The van der Waals surface area contributed by atoms with Crippen molar-refractivity contribution in [2.75, 3.05) is 6.61 Å². The van der Waals surface area contributed by atoms with Gasteiger partial charge < -0.3 is 15.2 Å². The molecule has 31 heavy (non-hydrogen) atoms. The van der Waals surface area contributed by atoms with Gasteiger partial charge in [0.15, 0.2) is 5.78 Å². The summed E-state index contributed by atoms with van der Waals surface area (Å²) in [6, 6.07) is 7.18. The summed E-state index contributed by atoms with van der Waals surface area (Å²) < 4.78 is 25.9. The number of ketones is 1. The summed E-state index contributed by atoms with van der Waals surface area (Å²) in [5, 5.41) is 0. The van der Waals surface area contributed by atoms with Gasteiger partial charge in [-0.2, -0.15) is 0 Å². The first kappa shape index (κ1) is 20.4. The molecule has 6 nitrogen and oxygen atoms in total. The summed E-state index contributed by atoms with van der Waals surface area (Å²) in [5.41, 5.74) is 6.61. The second-order valence-corrected chi connectivity index (χ2v) is 9.92. The SMILES string of the molecule is CC1(C)Oc2ccc(CC(=O)c3ncc(F)cc3Br)cc2C2(COC(N)=N2)C12CCC2. The molecular weight excluding hydrogens is 465 g/mol. The summed E-state index contributed by atoms with van der Waals surface area (Å²) >= 11 is 3.23. The van der Waals surface area contributed by atoms with E-state index in [1.54, 1.807) is 0 Å². The first-order chi connectivity index (χ1) is 14.7. The van der Waals surface area contributed by atoms with Crippen molar-refractivity contribution < 1.29 is 18.7 Å². The third-order valence-corrected chi connectivity index (χ3v) is 7.78. The zero-order chi connectivity index (χ0) is 22.0. The van der Waals surface area contributed by atoms with Crippen molar-refractivity contribution in [1.82, 2.24) is 4.98 Å². The van der Waals surface area contributed by atoms with Gasteiger partial charge in [-0.05, 0) is 66.4 Å². The van der Waals surface area contributed by atoms with Crippen LogP contribution < -0.4 is 10.5 Å². The van der Waals surface area contributed by atoms with Gasteiger partial charge in [-0.3, -0.25) is 4.79 Å². The lowest BCUT2D eigenvalue weighted by Gasteiger charge is -2.62. The molecule has 1 aliphatic carbocycles. The van der Waals surface area contributed by atoms with Crippen LogP contribution in [0.25, 0.3) is 0 Å². The van der Waals surface area contributed by atoms with Crippen molar-refractivity contribution in [3.63, 3.8) is 0 Å². The molecule has 2 aliphatic heterocycles. The molecule has 1 fully saturated rings. The molecule has 2 N–H and O–H groups in total. The molecule has 2 spiro atoms. The number of nitrogens with zero attached hydrogens (tertiary/aromatic N) is 2. The molecule has 1 saturated carbocycles. The summed E-state index contributed by atoms with van der Waals surface area (Å²) in [4.78, 5) is 21.7. The average Bonchev–Trinajstić information content (AvgIpc) is 3.03. The highest BCUT2D eigenvalue weighted by Crippen LogP contribution is 2.67. The zero-order valence-corrected chi connectivity index (χ0v) is 19.0. The van der Waals surface area contributed by atoms with Crippen molar-refractivity contribution >= 4 is 27.7 Å². The number of hydrogen-bond donors (Lipinski definition) is 1. The average molecular weight is 488 g/mol. The Labute approximate surface area is 188 Å². The van der Waals surface area contributed by atoms with Crippen LogP contribution in [0.1, 0.15) is 54.7 Å². The number of rotatable bonds is 3. The van der Waals surface area contributed by atoms with E-state index in [-0.39, 0.29) is 29.3 Å². The van der Waals surface area contributed by atoms with Gasteiger partial charge in [-0.25, -0.2) is 14.4 Å². The third kappa shape index (κ3) is 2.83. The Hall–Kier alpha value is -2.48. The fraction of sp³-hybridized carbons (Fsp3) is 0.435. The lowest BCUT2D eigenvalue weighted by Crippen LogP contribution is -2.66. The largest absolute Gasteiger partial charge is 0.487 e. The molecule has 8 heteroatoms. The van der Waals surface area contributed by atoms with E-state index >= 15 is 0 Å². The van der Waals surface area contributed by atoms with Gasteiger partial charge in [-0.15, -0.1) is 0 Å². The van der Waals surface area contributed by atoms with Crippen LogP contribution in [0, 0.1) is 11.2 Å². The minimum Gasteiger partial charge on any atom is -0.487 e. The molecule has 1 atom stereocenters. The lowest BCUT2D eigenvalue weighted by molar-refractivity contribution is -0.157. The van der Waals surface area contributed by atoms with E-state index in [2.05, 4.69) is 34.8 Å². The quantitative estimate of drug-likeness (QED) is 0.652. The first-order valence-electron chi connectivity index (χ1n) is 10.3. The smallest absolute Gasteiger partial charge is 0.283 e. The van der Waals surface area contributed by atoms with Crippen molar-refractivity contribution in [2.24, 2.45) is 16.1 Å². The van der Waals surface area contributed by atoms with Gasteiger partial charge in [0.1, 0.15) is 35.0 Å². The number of halogens is 2. The topological polar surface area (TPSA) is 86.8 Å². The van der Waals surface area contributed by atoms with Gasteiger partial charge in [0.25, 0.3) is 6.02 Å². The molecule has 0 saturated heterocycles. The number of pyridine rings is 1. The van der Waals surface area contributed by atoms with Gasteiger partial charge >= 0.3 is 0 Å². The number of Topliss-reactive ketones (excluding diaryl/α,β-unsaturated/α-hetero) is 1. The van der Waals surface area contributed by atoms with Crippen LogP contribution in [0.4, 0.5) is 4.39 Å². The number of fused-ring (bicyclic) bond motifs is 3. The minimum absolute atomic E-state index is 0.122. The predicted molar refractivity (Wildman–Crippen MR) is 117 cm³/mol. The van der Waals surface area contributed by atoms with Gasteiger partial charge in [0, 0.05) is 21.9 Å². The Morgan fingerprint density at radius 2 is 2.06 bits per heavy atom. The monoisotopic (exact) mass is 487 g/mol. The third-order valence-electron chi connectivity index (χ3n) is 7.17. The molecule has 1 aromatic heterocycles. The normalized spacial score (nSPS) is 24.7. The number of amidine groups is 1. The number of benzene rings is 1. The highest BCUT2D eigenvalue weighted by Gasteiger charge is 2.69. The molecule has 1 aromatic carbocycles. The van der Waals surface area contributed by atoms with Crippen molar-refractivity contribution in [3.05, 3.63) is 57.6 Å². The molecule has 3 heterocycles. The Morgan fingerprint density at radius 3 is 2.68 bits per heavy atom. The fourth-order valence-electron chi connectivity index (χ4n) is 5.48. The highest BCUT2D eigenvalue weighted by atomic mass is 79.9. The molecule has 5 rings (SSSR count). The summed E-state index contributed by atoms with van der Waals surface area (Å²) in [5.74, 6) is 0.0326. The van der Waals surface area contributed by atoms with Crippen molar-refractivity contribution in [1.29, 1.82) is 0 Å². The Bertz CT molecular complexity index is 1130. The van der Waals surface area contributed by atoms with Crippen LogP contribution in [-0.2, 0) is 16.7 Å². The van der Waals surface area contributed by atoms with E-state index < -0.39 is 17.0 Å². The number of ether oxygens (including phenoxy) is 2. The van der Waals surface area contributed by atoms with Crippen LogP contribution in [0.15, 0.2) is 39.9 Å². The van der Waals surface area contributed by atoms with Crippen LogP contribution in [0.3, 0.4) is 0 Å². The Morgan fingerprint density at radius 1 is 1.29 bits per heavy atom. The Kier molecular flexibility index (Phi) is 4.45. The van der Waals surface area contributed by atoms with E-state index in [1.165, 1.54) is 6.07 Å². The van der Waals surface area contributed by atoms with Crippen molar-refractivity contribution in [2.45, 2.75) is 50.7 Å². The molecule has 1 unspecified atom stereocenters. The van der Waals surface area contributed by atoms with Gasteiger partial charge in [0.05, 0.1) is 6.20 Å². The summed E-state index contributed by atoms with van der Waals surface area (Å²) in [6.07, 6.45) is 4.20. The maximum Gasteiger partial charge on any atom is 0.283 e. The number of hydrogen-bond acceptors (Lipinski definition) is 6. The second kappa shape index (κ2) is 6.76. The van der Waals surface area contributed by atoms with E-state index in [0.29, 0.717) is 11.1 Å². The standard InChI is InChI=1S/C23H23BrFN3O3/c1-21(2)22(6-3-7-22)23(12-30-20(26)28-23)15-8-13(4-5-18(15)31-21)9-17(29)19-16(24)10-14(25)11-27-19/h4-5,8,10-11H,3,6-7,9,12H2,1-2H3,(H2,26,28). The van der Waals surface area contributed by atoms with E-state index in [0.717, 1.165) is 42.3 Å². The van der Waals surface area contributed by atoms with Crippen molar-refractivity contribution in [3.8, 4) is 5.75 Å². The number of carbonyl (C=O) groups excluding carboxylic acids is 1. The predicted octanol–water partition coefficient (Wildman–Crippen LogP) is 4.29. The molecule has 0 bridgehead atoms. The number of carbonyl (C=O) groups is 1. The van der Waals surface area contributed by atoms with Crippen LogP contribution in [0.5, 0.6) is 5.75 Å².